The molecule has 0 spiro atoms. The lowest BCUT2D eigenvalue weighted by Gasteiger charge is -2.00. The zero-order valence-electron chi connectivity index (χ0n) is 7.34. The van der Waals surface area contributed by atoms with Crippen LogP contribution in [0, 0.1) is 0 Å². The highest BCUT2D eigenvalue weighted by molar-refractivity contribution is 5.77. The predicted molar refractivity (Wildman–Crippen MR) is 46.7 cm³/mol. The molecule has 1 N–H and O–H groups in total. The van der Waals surface area contributed by atoms with Crippen LogP contribution in [0.5, 0.6) is 5.88 Å². The third-order valence-electron chi connectivity index (χ3n) is 1.40. The molecule has 0 fully saturated rings. The number of carbonyl (C=O) groups is 2. The van der Waals surface area contributed by atoms with Gasteiger partial charge >= 0.3 is 11.9 Å². The quantitative estimate of drug-likeness (QED) is 0.721. The largest absolute Gasteiger partial charge is 0.481 e. The van der Waals surface area contributed by atoms with Crippen molar-refractivity contribution in [2.75, 3.05) is 0 Å². The number of esters is 1. The van der Waals surface area contributed by atoms with Gasteiger partial charge in [-0.3, -0.25) is 9.59 Å². The lowest BCUT2D eigenvalue weighted by Crippen LogP contribution is -2.10. The second-order valence-corrected chi connectivity index (χ2v) is 2.54. The van der Waals surface area contributed by atoms with E-state index in [1.807, 2.05) is 0 Å². The lowest BCUT2D eigenvalue weighted by molar-refractivity contribution is -0.142. The number of hydrogen-bond donors (Lipinski definition) is 1. The molecule has 1 rings (SSSR count). The van der Waals surface area contributed by atoms with Crippen LogP contribution in [0.1, 0.15) is 12.8 Å². The first kappa shape index (κ1) is 10.2. The van der Waals surface area contributed by atoms with Crippen molar-refractivity contribution in [2.24, 2.45) is 0 Å². The third kappa shape index (κ3) is 3.66. The van der Waals surface area contributed by atoms with Crippen LogP contribution in [0.2, 0.25) is 0 Å². The van der Waals surface area contributed by atoms with E-state index in [2.05, 4.69) is 4.98 Å². The van der Waals surface area contributed by atoms with Gasteiger partial charge in [0.1, 0.15) is 0 Å². The van der Waals surface area contributed by atoms with Gasteiger partial charge < -0.3 is 9.84 Å². The van der Waals surface area contributed by atoms with Gasteiger partial charge in [0.05, 0.1) is 12.8 Å². The Hall–Kier alpha value is -1.91. The molecule has 0 saturated carbocycles. The summed E-state index contributed by atoms with van der Waals surface area (Å²) in [6.07, 6.45) is 1.11. The first-order chi connectivity index (χ1) is 6.68. The van der Waals surface area contributed by atoms with Crippen LogP contribution in [0.15, 0.2) is 24.4 Å². The molecule has 1 aromatic rings. The van der Waals surface area contributed by atoms with Crippen molar-refractivity contribution in [2.45, 2.75) is 12.8 Å². The zero-order valence-corrected chi connectivity index (χ0v) is 7.34. The summed E-state index contributed by atoms with van der Waals surface area (Å²) in [6.45, 7) is 0. The van der Waals surface area contributed by atoms with Gasteiger partial charge in [-0.15, -0.1) is 0 Å². The average molecular weight is 195 g/mol. The summed E-state index contributed by atoms with van der Waals surface area (Å²) in [5.41, 5.74) is 0. The summed E-state index contributed by atoms with van der Waals surface area (Å²) in [6, 6.07) is 4.89. The molecule has 0 atom stereocenters. The van der Waals surface area contributed by atoms with Gasteiger partial charge in [-0.2, -0.15) is 0 Å². The lowest BCUT2D eigenvalue weighted by atomic mass is 10.3. The standard InChI is InChI=1S/C9H9NO4/c11-8(12)4-5-9(13)14-7-3-1-2-6-10-7/h1-3,6H,4-5H2,(H,11,12). The van der Waals surface area contributed by atoms with Crippen molar-refractivity contribution in [3.8, 4) is 5.88 Å². The van der Waals surface area contributed by atoms with Gasteiger partial charge in [0.25, 0.3) is 0 Å². The molecule has 5 heteroatoms. The second kappa shape index (κ2) is 4.96. The van der Waals surface area contributed by atoms with Crippen molar-refractivity contribution >= 4 is 11.9 Å². The summed E-state index contributed by atoms with van der Waals surface area (Å²) in [5, 5.41) is 8.31. The number of carbonyl (C=O) groups excluding carboxylic acids is 1. The van der Waals surface area contributed by atoms with Crippen LogP contribution in [-0.4, -0.2) is 22.0 Å². The maximum absolute atomic E-state index is 11.0. The van der Waals surface area contributed by atoms with Crippen LogP contribution in [0.4, 0.5) is 0 Å². The fourth-order valence-corrected chi connectivity index (χ4v) is 0.784. The number of ether oxygens (including phenoxy) is 1. The van der Waals surface area contributed by atoms with E-state index in [-0.39, 0.29) is 18.7 Å². The molecule has 5 nitrogen and oxygen atoms in total. The fourth-order valence-electron chi connectivity index (χ4n) is 0.784. The van der Waals surface area contributed by atoms with Crippen molar-refractivity contribution in [1.29, 1.82) is 0 Å². The molecule has 0 aliphatic heterocycles. The van der Waals surface area contributed by atoms with E-state index in [0.29, 0.717) is 0 Å². The number of pyridine rings is 1. The van der Waals surface area contributed by atoms with E-state index in [1.165, 1.54) is 12.3 Å². The molecule has 1 aromatic heterocycles. The molecule has 0 bridgehead atoms. The molecule has 0 saturated heterocycles. The van der Waals surface area contributed by atoms with Gasteiger partial charge in [-0.25, -0.2) is 4.98 Å². The smallest absolute Gasteiger partial charge is 0.313 e. The minimum Gasteiger partial charge on any atom is -0.481 e. The van der Waals surface area contributed by atoms with E-state index in [9.17, 15) is 9.59 Å². The maximum Gasteiger partial charge on any atom is 0.313 e. The minimum atomic E-state index is -1.03. The molecule has 0 radical (unpaired) electrons. The van der Waals surface area contributed by atoms with Crippen molar-refractivity contribution in [3.05, 3.63) is 24.4 Å². The van der Waals surface area contributed by atoms with Gasteiger partial charge in [0.15, 0.2) is 0 Å². The monoisotopic (exact) mass is 195 g/mol. The summed E-state index contributed by atoms with van der Waals surface area (Å²) in [5.74, 6) is -1.43. The first-order valence-electron chi connectivity index (χ1n) is 4.02. The number of carboxylic acid groups (broad SMARTS) is 1. The Morgan fingerprint density at radius 1 is 1.36 bits per heavy atom. The molecule has 0 aliphatic rings. The van der Waals surface area contributed by atoms with Crippen LogP contribution in [-0.2, 0) is 9.59 Å². The Bertz CT molecular complexity index is 323. The summed E-state index contributed by atoms with van der Waals surface area (Å²) < 4.78 is 4.75. The maximum atomic E-state index is 11.0. The molecule has 0 amide bonds. The van der Waals surface area contributed by atoms with Gasteiger partial charge in [0, 0.05) is 12.3 Å². The Morgan fingerprint density at radius 3 is 2.71 bits per heavy atom. The second-order valence-electron chi connectivity index (χ2n) is 2.54. The normalized spacial score (nSPS) is 9.43. The van der Waals surface area contributed by atoms with E-state index >= 15 is 0 Å². The van der Waals surface area contributed by atoms with E-state index in [4.69, 9.17) is 9.84 Å². The number of aromatic nitrogens is 1. The number of hydrogen-bond acceptors (Lipinski definition) is 4. The van der Waals surface area contributed by atoms with E-state index < -0.39 is 11.9 Å². The molecule has 74 valence electrons. The molecular formula is C9H9NO4. The topological polar surface area (TPSA) is 76.5 Å². The third-order valence-corrected chi connectivity index (χ3v) is 1.40. The molecular weight excluding hydrogens is 186 g/mol. The van der Waals surface area contributed by atoms with Gasteiger partial charge in [-0.05, 0) is 6.07 Å². The van der Waals surface area contributed by atoms with Crippen LogP contribution in [0.3, 0.4) is 0 Å². The van der Waals surface area contributed by atoms with E-state index in [1.54, 1.807) is 12.1 Å². The molecule has 0 aliphatic carbocycles. The summed E-state index contributed by atoms with van der Waals surface area (Å²) in [4.78, 5) is 24.9. The van der Waals surface area contributed by atoms with Crippen molar-refractivity contribution in [3.63, 3.8) is 0 Å². The fraction of sp³-hybridized carbons (Fsp3) is 0.222. The zero-order chi connectivity index (χ0) is 10.4. The van der Waals surface area contributed by atoms with E-state index in [0.717, 1.165) is 0 Å². The average Bonchev–Trinajstić information content (AvgIpc) is 2.16. The Kier molecular flexibility index (Phi) is 3.60. The Labute approximate surface area is 80.3 Å². The van der Waals surface area contributed by atoms with Crippen LogP contribution >= 0.6 is 0 Å². The number of nitrogens with zero attached hydrogens (tertiary/aromatic N) is 1. The number of aliphatic carboxylic acids is 1. The minimum absolute atomic E-state index is 0.147. The SMILES string of the molecule is O=C(O)CCC(=O)Oc1ccccn1. The van der Waals surface area contributed by atoms with Crippen LogP contribution in [0.25, 0.3) is 0 Å². The van der Waals surface area contributed by atoms with Crippen molar-refractivity contribution in [1.82, 2.24) is 4.98 Å². The summed E-state index contributed by atoms with van der Waals surface area (Å²) in [7, 11) is 0. The molecule has 0 aromatic carbocycles. The number of rotatable bonds is 4. The molecule has 1 heterocycles. The van der Waals surface area contributed by atoms with Gasteiger partial charge in [-0.1, -0.05) is 6.07 Å². The number of carboxylic acids is 1. The summed E-state index contributed by atoms with van der Waals surface area (Å²) >= 11 is 0. The van der Waals surface area contributed by atoms with Crippen LogP contribution < -0.4 is 4.74 Å². The predicted octanol–water partition coefficient (Wildman–Crippen LogP) is 0.852. The highest BCUT2D eigenvalue weighted by Crippen LogP contribution is 2.05. The molecule has 14 heavy (non-hydrogen) atoms. The highest BCUT2D eigenvalue weighted by Gasteiger charge is 2.07. The van der Waals surface area contributed by atoms with Gasteiger partial charge in [0.2, 0.25) is 5.88 Å². The highest BCUT2D eigenvalue weighted by atomic mass is 16.5. The molecule has 0 unspecified atom stereocenters. The van der Waals surface area contributed by atoms with Crippen molar-refractivity contribution < 1.29 is 19.4 Å². The Morgan fingerprint density at radius 2 is 2.14 bits per heavy atom. The first-order valence-corrected chi connectivity index (χ1v) is 4.02. The Balaban J connectivity index is 2.38.